The Bertz CT molecular complexity index is 751. The number of methoxy groups -OCH3 is 1. The number of nitrogens with zero attached hydrogens (tertiary/aromatic N) is 1. The van der Waals surface area contributed by atoms with E-state index in [1.165, 1.54) is 6.07 Å². The highest BCUT2D eigenvalue weighted by molar-refractivity contribution is 9.10. The monoisotopic (exact) mass is 319 g/mol. The van der Waals surface area contributed by atoms with Gasteiger partial charge in [0.25, 0.3) is 0 Å². The van der Waals surface area contributed by atoms with Crippen LogP contribution >= 0.6 is 15.9 Å². The third kappa shape index (κ3) is 2.12. The van der Waals surface area contributed by atoms with Crippen LogP contribution in [0.1, 0.15) is 0 Å². The van der Waals surface area contributed by atoms with Crippen molar-refractivity contribution in [1.82, 2.24) is 4.57 Å². The van der Waals surface area contributed by atoms with Gasteiger partial charge < -0.3 is 9.30 Å². The molecule has 1 aromatic heterocycles. The highest BCUT2D eigenvalue weighted by atomic mass is 79.9. The lowest BCUT2D eigenvalue weighted by molar-refractivity contribution is 0.415. The summed E-state index contributed by atoms with van der Waals surface area (Å²) in [5.74, 6) is 0.532. The van der Waals surface area contributed by atoms with E-state index in [4.69, 9.17) is 4.74 Å². The van der Waals surface area contributed by atoms with Gasteiger partial charge in [-0.15, -0.1) is 0 Å². The standard InChI is InChI=1S/C15H11BrFNO/c1-19-12-3-5-14-10(8-12)6-7-18(14)15-4-2-11(16)9-13(15)17/h2-9H,1H3. The largest absolute Gasteiger partial charge is 0.497 e. The van der Waals surface area contributed by atoms with E-state index in [9.17, 15) is 4.39 Å². The van der Waals surface area contributed by atoms with E-state index in [1.54, 1.807) is 13.2 Å². The fraction of sp³-hybridized carbons (Fsp3) is 0.0667. The maximum atomic E-state index is 14.0. The summed E-state index contributed by atoms with van der Waals surface area (Å²) in [4.78, 5) is 0. The number of hydrogen-bond donors (Lipinski definition) is 0. The van der Waals surface area contributed by atoms with Crippen molar-refractivity contribution in [1.29, 1.82) is 0 Å². The molecular formula is C15H11BrFNO. The molecule has 3 rings (SSSR count). The van der Waals surface area contributed by atoms with E-state index >= 15 is 0 Å². The Balaban J connectivity index is 2.20. The fourth-order valence-corrected chi connectivity index (χ4v) is 2.47. The van der Waals surface area contributed by atoms with E-state index in [0.717, 1.165) is 21.1 Å². The van der Waals surface area contributed by atoms with Crippen molar-refractivity contribution < 1.29 is 9.13 Å². The molecule has 2 nitrogen and oxygen atoms in total. The van der Waals surface area contributed by atoms with Gasteiger partial charge in [-0.05, 0) is 42.5 Å². The molecule has 0 aliphatic carbocycles. The van der Waals surface area contributed by atoms with Gasteiger partial charge in [-0.25, -0.2) is 4.39 Å². The summed E-state index contributed by atoms with van der Waals surface area (Å²) >= 11 is 3.26. The summed E-state index contributed by atoms with van der Waals surface area (Å²) in [6, 6.07) is 12.7. The highest BCUT2D eigenvalue weighted by Crippen LogP contribution is 2.26. The van der Waals surface area contributed by atoms with Gasteiger partial charge in [0.2, 0.25) is 0 Å². The second-order valence-corrected chi connectivity index (χ2v) is 5.12. The Morgan fingerprint density at radius 2 is 1.95 bits per heavy atom. The van der Waals surface area contributed by atoms with Crippen molar-refractivity contribution in [3.05, 3.63) is 59.0 Å². The van der Waals surface area contributed by atoms with Crippen LogP contribution in [0.25, 0.3) is 16.6 Å². The minimum Gasteiger partial charge on any atom is -0.497 e. The first kappa shape index (κ1) is 12.2. The summed E-state index contributed by atoms with van der Waals surface area (Å²) in [7, 11) is 1.63. The average molecular weight is 320 g/mol. The minimum atomic E-state index is -0.261. The van der Waals surface area contributed by atoms with Crippen LogP contribution in [-0.4, -0.2) is 11.7 Å². The molecule has 19 heavy (non-hydrogen) atoms. The van der Waals surface area contributed by atoms with Crippen molar-refractivity contribution in [2.24, 2.45) is 0 Å². The first-order valence-corrected chi connectivity index (χ1v) is 6.59. The molecule has 1 heterocycles. The number of halogens is 2. The van der Waals surface area contributed by atoms with Gasteiger partial charge in [0.15, 0.2) is 0 Å². The van der Waals surface area contributed by atoms with Crippen LogP contribution in [0, 0.1) is 5.82 Å². The third-order valence-corrected chi connectivity index (χ3v) is 3.56. The summed E-state index contributed by atoms with van der Waals surface area (Å²) < 4.78 is 21.8. The maximum Gasteiger partial charge on any atom is 0.148 e. The van der Waals surface area contributed by atoms with Gasteiger partial charge >= 0.3 is 0 Å². The number of hydrogen-bond acceptors (Lipinski definition) is 1. The molecule has 0 aliphatic heterocycles. The lowest BCUT2D eigenvalue weighted by Gasteiger charge is -2.08. The molecule has 2 aromatic carbocycles. The average Bonchev–Trinajstić information content (AvgIpc) is 2.81. The van der Waals surface area contributed by atoms with Crippen LogP contribution < -0.4 is 4.74 Å². The number of aromatic nitrogens is 1. The molecule has 3 aromatic rings. The number of rotatable bonds is 2. The van der Waals surface area contributed by atoms with Gasteiger partial charge in [0.1, 0.15) is 11.6 Å². The van der Waals surface area contributed by atoms with E-state index in [-0.39, 0.29) is 5.82 Å². The van der Waals surface area contributed by atoms with Crippen LogP contribution in [0.15, 0.2) is 53.1 Å². The Morgan fingerprint density at radius 1 is 1.11 bits per heavy atom. The minimum absolute atomic E-state index is 0.261. The van der Waals surface area contributed by atoms with Crippen LogP contribution in [0.5, 0.6) is 5.75 Å². The molecule has 0 spiro atoms. The van der Waals surface area contributed by atoms with Crippen LogP contribution in [0.3, 0.4) is 0 Å². The lowest BCUT2D eigenvalue weighted by Crippen LogP contribution is -1.95. The van der Waals surface area contributed by atoms with Gasteiger partial charge in [-0.2, -0.15) is 0 Å². The number of ether oxygens (including phenoxy) is 1. The van der Waals surface area contributed by atoms with Crippen molar-refractivity contribution in [2.75, 3.05) is 7.11 Å². The SMILES string of the molecule is COc1ccc2c(ccn2-c2ccc(Br)cc2F)c1. The summed E-state index contributed by atoms with van der Waals surface area (Å²) in [6.07, 6.45) is 1.86. The smallest absolute Gasteiger partial charge is 0.148 e. The van der Waals surface area contributed by atoms with Gasteiger partial charge in [0, 0.05) is 16.1 Å². The Kier molecular flexibility index (Phi) is 3.03. The quantitative estimate of drug-likeness (QED) is 0.676. The zero-order valence-electron chi connectivity index (χ0n) is 10.2. The van der Waals surface area contributed by atoms with E-state index in [1.807, 2.05) is 41.1 Å². The molecule has 4 heteroatoms. The molecule has 0 bridgehead atoms. The molecule has 0 saturated carbocycles. The van der Waals surface area contributed by atoms with Crippen LogP contribution in [0.4, 0.5) is 4.39 Å². The van der Waals surface area contributed by atoms with Crippen molar-refractivity contribution in [2.45, 2.75) is 0 Å². The predicted molar refractivity (Wildman–Crippen MR) is 77.5 cm³/mol. The van der Waals surface area contributed by atoms with Gasteiger partial charge in [-0.1, -0.05) is 15.9 Å². The van der Waals surface area contributed by atoms with E-state index < -0.39 is 0 Å². The molecule has 0 radical (unpaired) electrons. The Morgan fingerprint density at radius 3 is 2.68 bits per heavy atom. The molecule has 0 amide bonds. The van der Waals surface area contributed by atoms with Crippen molar-refractivity contribution >= 4 is 26.8 Å². The fourth-order valence-electron chi connectivity index (χ4n) is 2.13. The molecule has 96 valence electrons. The molecule has 0 fully saturated rings. The first-order valence-electron chi connectivity index (χ1n) is 5.79. The number of fused-ring (bicyclic) bond motifs is 1. The third-order valence-electron chi connectivity index (χ3n) is 3.07. The molecule has 0 saturated heterocycles. The Labute approximate surface area is 118 Å². The van der Waals surface area contributed by atoms with Crippen molar-refractivity contribution in [3.63, 3.8) is 0 Å². The van der Waals surface area contributed by atoms with E-state index in [0.29, 0.717) is 5.69 Å². The highest BCUT2D eigenvalue weighted by Gasteiger charge is 2.08. The van der Waals surface area contributed by atoms with E-state index in [2.05, 4.69) is 15.9 Å². The molecular weight excluding hydrogens is 309 g/mol. The normalized spacial score (nSPS) is 10.9. The van der Waals surface area contributed by atoms with Crippen LogP contribution in [-0.2, 0) is 0 Å². The molecule has 0 N–H and O–H groups in total. The molecule has 0 unspecified atom stereocenters. The summed E-state index contributed by atoms with van der Waals surface area (Å²) in [6.45, 7) is 0. The summed E-state index contributed by atoms with van der Waals surface area (Å²) in [5, 5.41) is 1.02. The Hall–Kier alpha value is -1.81. The molecule has 0 aliphatic rings. The molecule has 0 atom stereocenters. The summed E-state index contributed by atoms with van der Waals surface area (Å²) in [5.41, 5.74) is 1.48. The first-order chi connectivity index (χ1) is 9.19. The van der Waals surface area contributed by atoms with Gasteiger partial charge in [-0.3, -0.25) is 0 Å². The van der Waals surface area contributed by atoms with Crippen LogP contribution in [0.2, 0.25) is 0 Å². The maximum absolute atomic E-state index is 14.0. The van der Waals surface area contributed by atoms with Crippen molar-refractivity contribution in [3.8, 4) is 11.4 Å². The van der Waals surface area contributed by atoms with Gasteiger partial charge in [0.05, 0.1) is 18.3 Å². The zero-order chi connectivity index (χ0) is 13.4. The second-order valence-electron chi connectivity index (χ2n) is 4.21. The lowest BCUT2D eigenvalue weighted by atomic mass is 10.2. The number of benzene rings is 2. The second kappa shape index (κ2) is 4.70. The predicted octanol–water partition coefficient (Wildman–Crippen LogP) is 4.54. The zero-order valence-corrected chi connectivity index (χ0v) is 11.8. The topological polar surface area (TPSA) is 14.2 Å².